The zero-order valence-corrected chi connectivity index (χ0v) is 9.04. The standard InChI is InChI=1S/C9H9BrF3N/c1-6-2-3-7(10)8(4-6)14-5-9(11,12)13/h2-4,14H,5H2,1H3. The summed E-state index contributed by atoms with van der Waals surface area (Å²) in [5, 5.41) is 2.32. The van der Waals surface area contributed by atoms with Crippen LogP contribution in [0.1, 0.15) is 5.56 Å². The van der Waals surface area contributed by atoms with E-state index in [2.05, 4.69) is 21.2 Å². The van der Waals surface area contributed by atoms with E-state index in [9.17, 15) is 13.2 Å². The molecule has 0 aliphatic rings. The molecule has 0 saturated heterocycles. The van der Waals surface area contributed by atoms with Crippen molar-refractivity contribution in [3.63, 3.8) is 0 Å². The molecular weight excluding hydrogens is 259 g/mol. The van der Waals surface area contributed by atoms with Gasteiger partial charge in [-0.3, -0.25) is 0 Å². The Labute approximate surface area is 88.4 Å². The van der Waals surface area contributed by atoms with Gasteiger partial charge in [0.15, 0.2) is 0 Å². The van der Waals surface area contributed by atoms with Gasteiger partial charge in [0.1, 0.15) is 6.54 Å². The molecule has 1 nitrogen and oxygen atoms in total. The van der Waals surface area contributed by atoms with E-state index < -0.39 is 12.7 Å². The predicted molar refractivity (Wildman–Crippen MR) is 53.4 cm³/mol. The van der Waals surface area contributed by atoms with Crippen molar-refractivity contribution >= 4 is 21.6 Å². The second-order valence-corrected chi connectivity index (χ2v) is 3.81. The molecular formula is C9H9BrF3N. The largest absolute Gasteiger partial charge is 0.405 e. The van der Waals surface area contributed by atoms with Crippen LogP contribution in [0.3, 0.4) is 0 Å². The topological polar surface area (TPSA) is 12.0 Å². The van der Waals surface area contributed by atoms with E-state index >= 15 is 0 Å². The van der Waals surface area contributed by atoms with Gasteiger partial charge in [-0.25, -0.2) is 0 Å². The number of benzene rings is 1. The number of aryl methyl sites for hydroxylation is 1. The number of rotatable bonds is 2. The molecule has 1 rings (SSSR count). The lowest BCUT2D eigenvalue weighted by atomic mass is 10.2. The van der Waals surface area contributed by atoms with Crippen molar-refractivity contribution < 1.29 is 13.2 Å². The fourth-order valence-corrected chi connectivity index (χ4v) is 1.36. The van der Waals surface area contributed by atoms with Crippen LogP contribution in [-0.2, 0) is 0 Å². The third-order valence-electron chi connectivity index (χ3n) is 1.60. The van der Waals surface area contributed by atoms with Crippen LogP contribution in [-0.4, -0.2) is 12.7 Å². The lowest BCUT2D eigenvalue weighted by Crippen LogP contribution is -2.21. The molecule has 0 atom stereocenters. The fourth-order valence-electron chi connectivity index (χ4n) is 0.970. The minimum atomic E-state index is -4.19. The molecule has 5 heteroatoms. The highest BCUT2D eigenvalue weighted by molar-refractivity contribution is 9.10. The van der Waals surface area contributed by atoms with E-state index in [0.29, 0.717) is 10.2 Å². The summed E-state index contributed by atoms with van der Waals surface area (Å²) in [5.74, 6) is 0. The van der Waals surface area contributed by atoms with Crippen molar-refractivity contribution in [3.8, 4) is 0 Å². The summed E-state index contributed by atoms with van der Waals surface area (Å²) in [7, 11) is 0. The highest BCUT2D eigenvalue weighted by Crippen LogP contribution is 2.25. The van der Waals surface area contributed by atoms with Crippen LogP contribution in [0.5, 0.6) is 0 Å². The number of halogens is 4. The quantitative estimate of drug-likeness (QED) is 0.861. The Morgan fingerprint density at radius 1 is 1.36 bits per heavy atom. The summed E-state index contributed by atoms with van der Waals surface area (Å²) in [6, 6.07) is 5.20. The molecule has 78 valence electrons. The molecule has 1 N–H and O–H groups in total. The van der Waals surface area contributed by atoms with Crippen molar-refractivity contribution in [2.75, 3.05) is 11.9 Å². The Morgan fingerprint density at radius 3 is 2.57 bits per heavy atom. The molecule has 0 aromatic heterocycles. The smallest absolute Gasteiger partial charge is 0.376 e. The third kappa shape index (κ3) is 3.57. The number of hydrogen-bond acceptors (Lipinski definition) is 1. The minimum Gasteiger partial charge on any atom is -0.376 e. The van der Waals surface area contributed by atoms with Gasteiger partial charge in [-0.2, -0.15) is 13.2 Å². The summed E-state index contributed by atoms with van der Waals surface area (Å²) in [4.78, 5) is 0. The van der Waals surface area contributed by atoms with E-state index in [1.807, 2.05) is 13.0 Å². The molecule has 1 aromatic carbocycles. The first kappa shape index (κ1) is 11.4. The lowest BCUT2D eigenvalue weighted by molar-refractivity contribution is -0.115. The number of nitrogens with one attached hydrogen (secondary N) is 1. The van der Waals surface area contributed by atoms with Gasteiger partial charge < -0.3 is 5.32 Å². The first-order valence-electron chi connectivity index (χ1n) is 3.95. The first-order valence-corrected chi connectivity index (χ1v) is 4.74. The number of anilines is 1. The van der Waals surface area contributed by atoms with Gasteiger partial charge >= 0.3 is 6.18 Å². The number of hydrogen-bond donors (Lipinski definition) is 1. The van der Waals surface area contributed by atoms with E-state index in [0.717, 1.165) is 5.56 Å². The molecule has 14 heavy (non-hydrogen) atoms. The Balaban J connectivity index is 2.72. The summed E-state index contributed by atoms with van der Waals surface area (Å²) in [5.41, 5.74) is 1.38. The second-order valence-electron chi connectivity index (χ2n) is 2.95. The Kier molecular flexibility index (Phi) is 3.42. The van der Waals surface area contributed by atoms with Gasteiger partial charge in [-0.1, -0.05) is 6.07 Å². The van der Waals surface area contributed by atoms with E-state index in [4.69, 9.17) is 0 Å². The molecule has 0 amide bonds. The maximum atomic E-state index is 11.9. The van der Waals surface area contributed by atoms with Gasteiger partial charge in [0.25, 0.3) is 0 Å². The minimum absolute atomic E-state index is 0.460. The van der Waals surface area contributed by atoms with Gasteiger partial charge in [0, 0.05) is 10.2 Å². The van der Waals surface area contributed by atoms with Crippen LogP contribution in [0.25, 0.3) is 0 Å². The highest BCUT2D eigenvalue weighted by Gasteiger charge is 2.26. The second kappa shape index (κ2) is 4.21. The van der Waals surface area contributed by atoms with Crippen molar-refractivity contribution in [1.29, 1.82) is 0 Å². The predicted octanol–water partition coefficient (Wildman–Crippen LogP) is 3.73. The summed E-state index contributed by atoms with van der Waals surface area (Å²) >= 11 is 3.17. The Morgan fingerprint density at radius 2 is 2.00 bits per heavy atom. The Bertz CT molecular complexity index is 322. The van der Waals surface area contributed by atoms with Crippen LogP contribution in [0, 0.1) is 6.92 Å². The van der Waals surface area contributed by atoms with Gasteiger partial charge in [-0.05, 0) is 40.5 Å². The van der Waals surface area contributed by atoms with Gasteiger partial charge in [-0.15, -0.1) is 0 Å². The van der Waals surface area contributed by atoms with Crippen LogP contribution in [0.15, 0.2) is 22.7 Å². The molecule has 0 aliphatic heterocycles. The average Bonchev–Trinajstić information content (AvgIpc) is 2.05. The van der Waals surface area contributed by atoms with E-state index in [-0.39, 0.29) is 0 Å². The van der Waals surface area contributed by atoms with Gasteiger partial charge in [0.2, 0.25) is 0 Å². The maximum Gasteiger partial charge on any atom is 0.405 e. The van der Waals surface area contributed by atoms with Crippen LogP contribution in [0.4, 0.5) is 18.9 Å². The maximum absolute atomic E-state index is 11.9. The zero-order valence-electron chi connectivity index (χ0n) is 7.45. The molecule has 0 saturated carbocycles. The molecule has 0 bridgehead atoms. The van der Waals surface area contributed by atoms with Crippen LogP contribution >= 0.6 is 15.9 Å². The lowest BCUT2D eigenvalue weighted by Gasteiger charge is -2.11. The van der Waals surface area contributed by atoms with Gasteiger partial charge in [0.05, 0.1) is 0 Å². The molecule has 0 unspecified atom stereocenters. The fraction of sp³-hybridized carbons (Fsp3) is 0.333. The van der Waals surface area contributed by atoms with Crippen molar-refractivity contribution in [2.24, 2.45) is 0 Å². The van der Waals surface area contributed by atoms with Crippen LogP contribution in [0.2, 0.25) is 0 Å². The normalized spacial score (nSPS) is 11.5. The molecule has 0 spiro atoms. The molecule has 0 aliphatic carbocycles. The van der Waals surface area contributed by atoms with E-state index in [1.54, 1.807) is 12.1 Å². The highest BCUT2D eigenvalue weighted by atomic mass is 79.9. The molecule has 0 radical (unpaired) electrons. The Hall–Kier alpha value is -0.710. The van der Waals surface area contributed by atoms with Crippen molar-refractivity contribution in [2.45, 2.75) is 13.1 Å². The molecule has 0 fully saturated rings. The zero-order chi connectivity index (χ0) is 10.8. The summed E-state index contributed by atoms with van der Waals surface area (Å²) in [6.45, 7) is 0.806. The summed E-state index contributed by atoms with van der Waals surface area (Å²) < 4.78 is 36.3. The third-order valence-corrected chi connectivity index (χ3v) is 2.29. The van der Waals surface area contributed by atoms with Crippen molar-refractivity contribution in [3.05, 3.63) is 28.2 Å². The molecule has 0 heterocycles. The van der Waals surface area contributed by atoms with Crippen LogP contribution < -0.4 is 5.32 Å². The van der Waals surface area contributed by atoms with E-state index in [1.165, 1.54) is 0 Å². The number of alkyl halides is 3. The average molecular weight is 268 g/mol. The van der Waals surface area contributed by atoms with Crippen molar-refractivity contribution in [1.82, 2.24) is 0 Å². The SMILES string of the molecule is Cc1ccc(Br)c(NCC(F)(F)F)c1. The monoisotopic (exact) mass is 267 g/mol. The summed E-state index contributed by atoms with van der Waals surface area (Å²) in [6.07, 6.45) is -4.19. The molecule has 1 aromatic rings. The first-order chi connectivity index (χ1) is 6.38.